The second kappa shape index (κ2) is 5.99. The van der Waals surface area contributed by atoms with E-state index in [9.17, 15) is 18.0 Å². The van der Waals surface area contributed by atoms with Gasteiger partial charge >= 0.3 is 12.1 Å². The number of rotatable bonds is 5. The van der Waals surface area contributed by atoms with E-state index in [-0.39, 0.29) is 25.2 Å². The largest absolute Gasteiger partial charge is 0.481 e. The molecule has 0 fully saturated rings. The summed E-state index contributed by atoms with van der Waals surface area (Å²) in [4.78, 5) is 14.4. The van der Waals surface area contributed by atoms with Crippen LogP contribution in [-0.2, 0) is 23.8 Å². The highest BCUT2D eigenvalue weighted by atomic mass is 19.4. The van der Waals surface area contributed by atoms with Crippen molar-refractivity contribution >= 4 is 5.97 Å². The third-order valence-electron chi connectivity index (χ3n) is 2.80. The van der Waals surface area contributed by atoms with E-state index in [1.165, 1.54) is 12.3 Å². The van der Waals surface area contributed by atoms with Gasteiger partial charge in [-0.25, -0.2) is 4.98 Å². The summed E-state index contributed by atoms with van der Waals surface area (Å²) in [6, 6.07) is 4.92. The molecule has 0 spiro atoms. The van der Waals surface area contributed by atoms with Gasteiger partial charge in [0.1, 0.15) is 5.76 Å². The molecule has 0 aliphatic heterocycles. The minimum atomic E-state index is -4.39. The fourth-order valence-electron chi connectivity index (χ4n) is 1.81. The van der Waals surface area contributed by atoms with E-state index in [2.05, 4.69) is 4.98 Å². The molecule has 1 N–H and O–H groups in total. The number of nitrogens with zero attached hydrogens (tertiary/aromatic N) is 1. The summed E-state index contributed by atoms with van der Waals surface area (Å²) in [5, 5.41) is 8.55. The molecule has 0 amide bonds. The van der Waals surface area contributed by atoms with Crippen LogP contribution >= 0.6 is 0 Å². The Labute approximate surface area is 118 Å². The van der Waals surface area contributed by atoms with Gasteiger partial charge < -0.3 is 9.52 Å². The standard InChI is InChI=1S/C14H12F3NO3/c15-14(16,17)10-3-1-2-9(6-10)7-12-18-8-11(21-12)4-5-13(19)20/h1-3,6,8H,4-5,7H2,(H,19,20). The van der Waals surface area contributed by atoms with Gasteiger partial charge in [-0.2, -0.15) is 13.2 Å². The molecule has 21 heavy (non-hydrogen) atoms. The van der Waals surface area contributed by atoms with Gasteiger partial charge in [0.15, 0.2) is 5.89 Å². The lowest BCUT2D eigenvalue weighted by molar-refractivity contribution is -0.138. The first kappa shape index (κ1) is 15.1. The van der Waals surface area contributed by atoms with E-state index >= 15 is 0 Å². The molecular weight excluding hydrogens is 287 g/mol. The molecule has 0 aliphatic rings. The Bertz CT molecular complexity index is 634. The van der Waals surface area contributed by atoms with Crippen LogP contribution in [0.2, 0.25) is 0 Å². The average Bonchev–Trinajstić information content (AvgIpc) is 2.83. The Morgan fingerprint density at radius 1 is 1.33 bits per heavy atom. The van der Waals surface area contributed by atoms with Gasteiger partial charge in [0.25, 0.3) is 0 Å². The number of aliphatic carboxylic acids is 1. The molecule has 0 atom stereocenters. The van der Waals surface area contributed by atoms with Crippen molar-refractivity contribution in [1.82, 2.24) is 4.98 Å². The van der Waals surface area contributed by atoms with E-state index in [1.807, 2.05) is 0 Å². The first-order chi connectivity index (χ1) is 9.84. The Hall–Kier alpha value is -2.31. The molecule has 0 saturated carbocycles. The summed E-state index contributed by atoms with van der Waals surface area (Å²) in [5.74, 6) is -0.292. The average molecular weight is 299 g/mol. The molecule has 2 aromatic rings. The summed E-state index contributed by atoms with van der Waals surface area (Å²) < 4.78 is 43.1. The molecule has 7 heteroatoms. The SMILES string of the molecule is O=C(O)CCc1cnc(Cc2cccc(C(F)(F)F)c2)o1. The second-order valence-electron chi connectivity index (χ2n) is 4.49. The van der Waals surface area contributed by atoms with Gasteiger partial charge in [0, 0.05) is 12.8 Å². The molecule has 4 nitrogen and oxygen atoms in total. The van der Waals surface area contributed by atoms with Crippen LogP contribution in [0.15, 0.2) is 34.9 Å². The number of hydrogen-bond donors (Lipinski definition) is 1. The second-order valence-corrected chi connectivity index (χ2v) is 4.49. The van der Waals surface area contributed by atoms with Gasteiger partial charge in [0.2, 0.25) is 0 Å². The molecule has 0 unspecified atom stereocenters. The molecule has 1 aromatic carbocycles. The summed E-state index contributed by atoms with van der Waals surface area (Å²) in [7, 11) is 0. The number of hydrogen-bond acceptors (Lipinski definition) is 3. The van der Waals surface area contributed by atoms with Crippen molar-refractivity contribution in [3.63, 3.8) is 0 Å². The van der Waals surface area contributed by atoms with Crippen molar-refractivity contribution in [3.8, 4) is 0 Å². The number of halogens is 3. The van der Waals surface area contributed by atoms with E-state index in [0.29, 0.717) is 11.3 Å². The lowest BCUT2D eigenvalue weighted by Crippen LogP contribution is -2.05. The van der Waals surface area contributed by atoms with Crippen molar-refractivity contribution < 1.29 is 27.5 Å². The molecule has 112 valence electrons. The maximum atomic E-state index is 12.6. The Morgan fingerprint density at radius 3 is 2.76 bits per heavy atom. The van der Waals surface area contributed by atoms with Crippen molar-refractivity contribution in [2.75, 3.05) is 0 Å². The summed E-state index contributed by atoms with van der Waals surface area (Å²) in [6.45, 7) is 0. The number of carbonyl (C=O) groups is 1. The molecular formula is C14H12F3NO3. The van der Waals surface area contributed by atoms with Gasteiger partial charge in [-0.3, -0.25) is 4.79 Å². The van der Waals surface area contributed by atoms with Crippen LogP contribution in [-0.4, -0.2) is 16.1 Å². The van der Waals surface area contributed by atoms with Crippen molar-refractivity contribution in [2.45, 2.75) is 25.4 Å². The van der Waals surface area contributed by atoms with Gasteiger partial charge in [-0.15, -0.1) is 0 Å². The smallest absolute Gasteiger partial charge is 0.416 e. The monoisotopic (exact) mass is 299 g/mol. The topological polar surface area (TPSA) is 63.3 Å². The lowest BCUT2D eigenvalue weighted by Gasteiger charge is -2.07. The Kier molecular flexibility index (Phi) is 4.30. The van der Waals surface area contributed by atoms with Crippen molar-refractivity contribution in [3.05, 3.63) is 53.2 Å². The Balaban J connectivity index is 2.07. The van der Waals surface area contributed by atoms with E-state index in [1.54, 1.807) is 6.07 Å². The number of oxazole rings is 1. The summed E-state index contributed by atoms with van der Waals surface area (Å²) in [6.07, 6.45) is -2.76. The van der Waals surface area contributed by atoms with Gasteiger partial charge in [-0.05, 0) is 11.6 Å². The number of carboxylic acids is 1. The maximum Gasteiger partial charge on any atom is 0.416 e. The third-order valence-corrected chi connectivity index (χ3v) is 2.80. The van der Waals surface area contributed by atoms with E-state index < -0.39 is 17.7 Å². The van der Waals surface area contributed by atoms with Crippen LogP contribution in [0.4, 0.5) is 13.2 Å². The number of aryl methyl sites for hydroxylation is 1. The lowest BCUT2D eigenvalue weighted by atomic mass is 10.1. The zero-order chi connectivity index (χ0) is 15.5. The van der Waals surface area contributed by atoms with Crippen LogP contribution in [0.3, 0.4) is 0 Å². The zero-order valence-electron chi connectivity index (χ0n) is 10.9. The molecule has 1 heterocycles. The number of benzene rings is 1. The maximum absolute atomic E-state index is 12.6. The molecule has 2 rings (SSSR count). The highest BCUT2D eigenvalue weighted by Gasteiger charge is 2.30. The fraction of sp³-hybridized carbons (Fsp3) is 0.286. The molecule has 0 bridgehead atoms. The minimum Gasteiger partial charge on any atom is -0.481 e. The normalized spacial score (nSPS) is 11.6. The zero-order valence-corrected chi connectivity index (χ0v) is 10.9. The minimum absolute atomic E-state index is 0.0851. The molecule has 0 radical (unpaired) electrons. The summed E-state index contributed by atoms with van der Waals surface area (Å²) in [5.41, 5.74) is -0.297. The molecule has 0 aliphatic carbocycles. The Morgan fingerprint density at radius 2 is 2.10 bits per heavy atom. The number of alkyl halides is 3. The fourth-order valence-corrected chi connectivity index (χ4v) is 1.81. The number of carboxylic acid groups (broad SMARTS) is 1. The van der Waals surface area contributed by atoms with Gasteiger partial charge in [0.05, 0.1) is 18.2 Å². The first-order valence-electron chi connectivity index (χ1n) is 6.16. The predicted molar refractivity (Wildman–Crippen MR) is 66.7 cm³/mol. The van der Waals surface area contributed by atoms with Crippen LogP contribution in [0.25, 0.3) is 0 Å². The predicted octanol–water partition coefficient (Wildman–Crippen LogP) is 3.30. The van der Waals surface area contributed by atoms with Crippen molar-refractivity contribution in [1.29, 1.82) is 0 Å². The highest BCUT2D eigenvalue weighted by Crippen LogP contribution is 2.29. The molecule has 0 saturated heterocycles. The van der Waals surface area contributed by atoms with Gasteiger partial charge in [-0.1, -0.05) is 18.2 Å². The van der Waals surface area contributed by atoms with Crippen LogP contribution in [0, 0.1) is 0 Å². The van der Waals surface area contributed by atoms with Crippen LogP contribution < -0.4 is 0 Å². The third kappa shape index (κ3) is 4.34. The van der Waals surface area contributed by atoms with Crippen molar-refractivity contribution in [2.24, 2.45) is 0 Å². The number of aromatic nitrogens is 1. The molecule has 1 aromatic heterocycles. The highest BCUT2D eigenvalue weighted by molar-refractivity contribution is 5.66. The van der Waals surface area contributed by atoms with Crippen LogP contribution in [0.1, 0.15) is 29.2 Å². The van der Waals surface area contributed by atoms with E-state index in [4.69, 9.17) is 9.52 Å². The van der Waals surface area contributed by atoms with Crippen LogP contribution in [0.5, 0.6) is 0 Å². The van der Waals surface area contributed by atoms with E-state index in [0.717, 1.165) is 12.1 Å². The quantitative estimate of drug-likeness (QED) is 0.920. The summed E-state index contributed by atoms with van der Waals surface area (Å²) >= 11 is 0. The first-order valence-corrected chi connectivity index (χ1v) is 6.16.